The van der Waals surface area contributed by atoms with Gasteiger partial charge in [-0.15, -0.1) is 0 Å². The van der Waals surface area contributed by atoms with E-state index in [1.165, 1.54) is 9.80 Å². The lowest BCUT2D eigenvalue weighted by Crippen LogP contribution is -2.64. The van der Waals surface area contributed by atoms with Gasteiger partial charge in [0.15, 0.2) is 12.2 Å². The Hall–Kier alpha value is -2.87. The molecule has 3 amide bonds. The summed E-state index contributed by atoms with van der Waals surface area (Å²) in [5.74, 6) is 0.439. The van der Waals surface area contributed by atoms with Gasteiger partial charge in [-0.05, 0) is 44.0 Å². The molecule has 1 aromatic carbocycles. The number of hydrogen-bond acceptors (Lipinski definition) is 6. The largest absolute Gasteiger partial charge is 0.383 e. The number of methoxy groups -OCH3 is 1. The maximum atomic E-state index is 13.1. The number of aryl methyl sites for hydroxylation is 2. The number of carbonyl (C=O) groups is 2. The summed E-state index contributed by atoms with van der Waals surface area (Å²) < 4.78 is 5.06. The standard InChI is InChI=1S/C20H25N5O3/c1-12-8-13(2)10-15(9-12)25-14(3)11-24-16-17(21-19(24)25)22(4)20(27)23(18(16)26)6-7-28-5/h8-11,16-17H,6-7H2,1-5H3. The minimum Gasteiger partial charge on any atom is -0.383 e. The van der Waals surface area contributed by atoms with Crippen LogP contribution < -0.4 is 4.90 Å². The number of nitrogens with zero attached hydrogens (tertiary/aromatic N) is 5. The number of benzene rings is 1. The van der Waals surface area contributed by atoms with Crippen LogP contribution in [0.25, 0.3) is 0 Å². The summed E-state index contributed by atoms with van der Waals surface area (Å²) in [5.41, 5.74) is 4.31. The Morgan fingerprint density at radius 3 is 2.43 bits per heavy atom. The molecule has 0 bridgehead atoms. The van der Waals surface area contributed by atoms with Crippen LogP contribution in [0.3, 0.4) is 0 Å². The predicted molar refractivity (Wildman–Crippen MR) is 106 cm³/mol. The molecule has 0 N–H and O–H groups in total. The van der Waals surface area contributed by atoms with Crippen molar-refractivity contribution in [3.8, 4) is 0 Å². The van der Waals surface area contributed by atoms with E-state index in [-0.39, 0.29) is 18.5 Å². The molecule has 8 nitrogen and oxygen atoms in total. The Bertz CT molecular complexity index is 889. The van der Waals surface area contributed by atoms with Gasteiger partial charge in [-0.3, -0.25) is 14.6 Å². The summed E-state index contributed by atoms with van der Waals surface area (Å²) in [6.45, 7) is 6.65. The second-order valence-electron chi connectivity index (χ2n) is 7.52. The van der Waals surface area contributed by atoms with Crippen molar-refractivity contribution in [2.45, 2.75) is 33.0 Å². The molecule has 0 aliphatic carbocycles. The molecule has 0 radical (unpaired) electrons. The van der Waals surface area contributed by atoms with E-state index in [1.54, 1.807) is 14.2 Å². The molecule has 3 aliphatic heterocycles. The van der Waals surface area contributed by atoms with Crippen LogP contribution in [0.2, 0.25) is 0 Å². The Balaban J connectivity index is 1.71. The van der Waals surface area contributed by atoms with Gasteiger partial charge in [-0.2, -0.15) is 0 Å². The molecule has 28 heavy (non-hydrogen) atoms. The zero-order chi connectivity index (χ0) is 20.2. The fourth-order valence-electron chi connectivity index (χ4n) is 4.14. The van der Waals surface area contributed by atoms with E-state index in [2.05, 4.69) is 32.0 Å². The lowest BCUT2D eigenvalue weighted by molar-refractivity contribution is -0.137. The lowest BCUT2D eigenvalue weighted by atomic mass is 10.1. The first-order valence-corrected chi connectivity index (χ1v) is 9.33. The zero-order valence-corrected chi connectivity index (χ0v) is 16.8. The van der Waals surface area contributed by atoms with Gasteiger partial charge >= 0.3 is 6.03 Å². The number of amides is 3. The van der Waals surface area contributed by atoms with Crippen molar-refractivity contribution in [2.24, 2.45) is 4.99 Å². The van der Waals surface area contributed by atoms with Crippen molar-refractivity contribution >= 4 is 23.6 Å². The molecule has 3 aliphatic rings. The van der Waals surface area contributed by atoms with Gasteiger partial charge in [0, 0.05) is 31.7 Å². The van der Waals surface area contributed by atoms with Crippen LogP contribution in [0.15, 0.2) is 35.1 Å². The van der Waals surface area contributed by atoms with Gasteiger partial charge in [0.1, 0.15) is 0 Å². The molecule has 1 fully saturated rings. The summed E-state index contributed by atoms with van der Waals surface area (Å²) in [6.07, 6.45) is 1.41. The normalized spacial score (nSPS) is 23.9. The molecule has 0 aromatic heterocycles. The van der Waals surface area contributed by atoms with E-state index >= 15 is 0 Å². The molecular weight excluding hydrogens is 358 g/mol. The van der Waals surface area contributed by atoms with Crippen molar-refractivity contribution < 1.29 is 14.3 Å². The number of ether oxygens (including phenoxy) is 1. The van der Waals surface area contributed by atoms with E-state index in [4.69, 9.17) is 9.73 Å². The molecule has 0 spiro atoms. The fourth-order valence-corrected chi connectivity index (χ4v) is 4.14. The number of imide groups is 1. The lowest BCUT2D eigenvalue weighted by Gasteiger charge is -2.40. The highest BCUT2D eigenvalue weighted by Gasteiger charge is 2.54. The maximum Gasteiger partial charge on any atom is 0.328 e. The molecule has 2 atom stereocenters. The second-order valence-corrected chi connectivity index (χ2v) is 7.52. The van der Waals surface area contributed by atoms with E-state index in [0.29, 0.717) is 12.6 Å². The van der Waals surface area contributed by atoms with E-state index in [0.717, 1.165) is 22.5 Å². The molecule has 8 heteroatoms. The van der Waals surface area contributed by atoms with Crippen LogP contribution in [0.5, 0.6) is 0 Å². The summed E-state index contributed by atoms with van der Waals surface area (Å²) in [6, 6.07) is 5.42. The summed E-state index contributed by atoms with van der Waals surface area (Å²) in [7, 11) is 3.24. The highest BCUT2D eigenvalue weighted by molar-refractivity contribution is 6.09. The first kappa shape index (κ1) is 18.5. The number of hydrogen-bond donors (Lipinski definition) is 0. The summed E-state index contributed by atoms with van der Waals surface area (Å²) in [5, 5.41) is 0. The summed E-state index contributed by atoms with van der Waals surface area (Å²) >= 11 is 0. The fraction of sp³-hybridized carbons (Fsp3) is 0.450. The molecular formula is C20H25N5O3. The quantitative estimate of drug-likeness (QED) is 0.794. The van der Waals surface area contributed by atoms with Crippen LogP contribution in [-0.4, -0.2) is 72.1 Å². The number of guanidine groups is 1. The average Bonchev–Trinajstić information content (AvgIpc) is 3.13. The second kappa shape index (κ2) is 6.63. The maximum absolute atomic E-state index is 13.1. The first-order valence-electron chi connectivity index (χ1n) is 9.33. The monoisotopic (exact) mass is 383 g/mol. The van der Waals surface area contributed by atoms with Gasteiger partial charge < -0.3 is 14.5 Å². The molecule has 4 rings (SSSR count). The average molecular weight is 383 g/mol. The van der Waals surface area contributed by atoms with Crippen molar-refractivity contribution in [3.63, 3.8) is 0 Å². The number of anilines is 1. The van der Waals surface area contributed by atoms with Gasteiger partial charge in [0.2, 0.25) is 5.96 Å². The van der Waals surface area contributed by atoms with Crippen molar-refractivity contribution in [2.75, 3.05) is 32.2 Å². The van der Waals surface area contributed by atoms with Crippen LogP contribution in [-0.2, 0) is 9.53 Å². The first-order chi connectivity index (χ1) is 13.3. The van der Waals surface area contributed by atoms with Crippen LogP contribution in [0, 0.1) is 13.8 Å². The molecule has 2 unspecified atom stereocenters. The minimum absolute atomic E-state index is 0.231. The van der Waals surface area contributed by atoms with E-state index in [1.807, 2.05) is 22.9 Å². The number of fused-ring (bicyclic) bond motifs is 3. The van der Waals surface area contributed by atoms with Crippen LogP contribution in [0.1, 0.15) is 18.1 Å². The molecule has 0 saturated carbocycles. The Labute approximate surface area is 164 Å². The summed E-state index contributed by atoms with van der Waals surface area (Å²) in [4.78, 5) is 37.3. The number of rotatable bonds is 4. The number of allylic oxidation sites excluding steroid dienone is 1. The van der Waals surface area contributed by atoms with Gasteiger partial charge in [-0.25, -0.2) is 9.79 Å². The number of urea groups is 1. The van der Waals surface area contributed by atoms with E-state index in [9.17, 15) is 9.59 Å². The van der Waals surface area contributed by atoms with E-state index < -0.39 is 12.2 Å². The molecule has 1 aromatic rings. The van der Waals surface area contributed by atoms with Crippen molar-refractivity contribution in [1.82, 2.24) is 14.7 Å². The molecule has 3 heterocycles. The van der Waals surface area contributed by atoms with Crippen molar-refractivity contribution in [1.29, 1.82) is 0 Å². The third-order valence-electron chi connectivity index (χ3n) is 5.37. The van der Waals surface area contributed by atoms with Crippen LogP contribution in [0.4, 0.5) is 10.5 Å². The third-order valence-corrected chi connectivity index (χ3v) is 5.37. The number of likely N-dealkylation sites (N-methyl/N-ethyl adjacent to an activating group) is 1. The number of carbonyl (C=O) groups excluding carboxylic acids is 2. The van der Waals surface area contributed by atoms with Gasteiger partial charge in [-0.1, -0.05) is 6.07 Å². The Morgan fingerprint density at radius 1 is 1.11 bits per heavy atom. The van der Waals surface area contributed by atoms with Gasteiger partial charge in [0.05, 0.1) is 13.2 Å². The highest BCUT2D eigenvalue weighted by Crippen LogP contribution is 2.36. The molecule has 1 saturated heterocycles. The van der Waals surface area contributed by atoms with Gasteiger partial charge in [0.25, 0.3) is 5.91 Å². The SMILES string of the molecule is COCCN1C(=O)C2C(N=C3N(c4cc(C)cc(C)c4)C(C)=CN32)N(C)C1=O. The van der Waals surface area contributed by atoms with Crippen molar-refractivity contribution in [3.05, 3.63) is 41.2 Å². The molecule has 148 valence electrons. The third kappa shape index (κ3) is 2.67. The minimum atomic E-state index is -0.555. The number of aliphatic imine (C=N–C) groups is 1. The topological polar surface area (TPSA) is 68.7 Å². The highest BCUT2D eigenvalue weighted by atomic mass is 16.5. The Morgan fingerprint density at radius 2 is 1.79 bits per heavy atom. The van der Waals surface area contributed by atoms with Crippen LogP contribution >= 0.6 is 0 Å². The zero-order valence-electron chi connectivity index (χ0n) is 16.8. The smallest absolute Gasteiger partial charge is 0.328 e. The Kier molecular flexibility index (Phi) is 4.38. The predicted octanol–water partition coefficient (Wildman–Crippen LogP) is 1.89.